The monoisotopic (exact) mass is 285 g/mol. The van der Waals surface area contributed by atoms with Crippen LogP contribution in [0.5, 0.6) is 0 Å². The van der Waals surface area contributed by atoms with Crippen LogP contribution < -0.4 is 5.32 Å². The van der Waals surface area contributed by atoms with Crippen molar-refractivity contribution in [2.45, 2.75) is 13.3 Å². The Kier molecular flexibility index (Phi) is 4.94. The van der Waals surface area contributed by atoms with Crippen LogP contribution in [0.4, 0.5) is 5.69 Å². The molecule has 0 saturated carbocycles. The standard InChI is InChI=1S/C16H15NO2S/c1-2-13-10-12(4-3-8-18)5-6-15(13)17-16(19)14-7-9-20-11-14/h5-7,9-11,18H,2,8H2,1H3,(H,17,19). The quantitative estimate of drug-likeness (QED) is 0.852. The van der Waals surface area contributed by atoms with Crippen molar-refractivity contribution in [1.29, 1.82) is 0 Å². The van der Waals surface area contributed by atoms with Gasteiger partial charge < -0.3 is 10.4 Å². The van der Waals surface area contributed by atoms with Gasteiger partial charge in [0.15, 0.2) is 0 Å². The molecule has 2 aromatic rings. The van der Waals surface area contributed by atoms with Gasteiger partial charge in [-0.1, -0.05) is 18.8 Å². The molecule has 0 aliphatic rings. The number of thiophene rings is 1. The maximum Gasteiger partial charge on any atom is 0.256 e. The summed E-state index contributed by atoms with van der Waals surface area (Å²) in [6.45, 7) is 1.87. The molecule has 0 aliphatic carbocycles. The molecule has 0 aliphatic heterocycles. The Labute approximate surface area is 122 Å². The Hall–Kier alpha value is -2.09. The molecule has 1 heterocycles. The second-order valence-electron chi connectivity index (χ2n) is 4.15. The molecule has 102 valence electrons. The Morgan fingerprint density at radius 2 is 2.25 bits per heavy atom. The fourth-order valence-electron chi connectivity index (χ4n) is 1.82. The van der Waals surface area contributed by atoms with Crippen LogP contribution in [-0.2, 0) is 6.42 Å². The minimum absolute atomic E-state index is 0.102. The molecule has 3 nitrogen and oxygen atoms in total. The van der Waals surface area contributed by atoms with Gasteiger partial charge in [-0.25, -0.2) is 0 Å². The minimum Gasteiger partial charge on any atom is -0.384 e. The summed E-state index contributed by atoms with van der Waals surface area (Å²) >= 11 is 1.50. The van der Waals surface area contributed by atoms with Gasteiger partial charge in [-0.3, -0.25) is 4.79 Å². The summed E-state index contributed by atoms with van der Waals surface area (Å²) in [5.41, 5.74) is 3.34. The molecule has 0 radical (unpaired) electrons. The molecule has 2 rings (SSSR count). The highest BCUT2D eigenvalue weighted by Crippen LogP contribution is 2.19. The largest absolute Gasteiger partial charge is 0.384 e. The topological polar surface area (TPSA) is 49.3 Å². The molecule has 0 bridgehead atoms. The van der Waals surface area contributed by atoms with E-state index in [9.17, 15) is 4.79 Å². The zero-order valence-corrected chi connectivity index (χ0v) is 12.0. The molecule has 20 heavy (non-hydrogen) atoms. The first-order valence-electron chi connectivity index (χ1n) is 6.30. The Balaban J connectivity index is 2.21. The second kappa shape index (κ2) is 6.90. The highest BCUT2D eigenvalue weighted by Gasteiger charge is 2.09. The summed E-state index contributed by atoms with van der Waals surface area (Å²) in [7, 11) is 0. The summed E-state index contributed by atoms with van der Waals surface area (Å²) in [6, 6.07) is 7.42. The maximum atomic E-state index is 12.0. The van der Waals surface area contributed by atoms with E-state index >= 15 is 0 Å². The fourth-order valence-corrected chi connectivity index (χ4v) is 2.45. The molecule has 0 saturated heterocycles. The molecule has 1 aromatic carbocycles. The Bertz CT molecular complexity index is 651. The van der Waals surface area contributed by atoms with Crippen molar-refractivity contribution in [2.75, 3.05) is 11.9 Å². The number of amides is 1. The zero-order chi connectivity index (χ0) is 14.4. The van der Waals surface area contributed by atoms with Crippen molar-refractivity contribution >= 4 is 22.9 Å². The number of benzene rings is 1. The lowest BCUT2D eigenvalue weighted by Crippen LogP contribution is -2.12. The number of nitrogens with one attached hydrogen (secondary N) is 1. The van der Waals surface area contributed by atoms with Gasteiger partial charge in [-0.15, -0.1) is 0 Å². The van der Waals surface area contributed by atoms with Crippen LogP contribution in [0, 0.1) is 11.8 Å². The summed E-state index contributed by atoms with van der Waals surface area (Å²) in [6.07, 6.45) is 0.799. The molecule has 0 fully saturated rings. The lowest BCUT2D eigenvalue weighted by Gasteiger charge is -2.09. The van der Waals surface area contributed by atoms with Gasteiger partial charge >= 0.3 is 0 Å². The van der Waals surface area contributed by atoms with Crippen molar-refractivity contribution in [2.24, 2.45) is 0 Å². The number of aliphatic hydroxyl groups is 1. The van der Waals surface area contributed by atoms with Crippen LogP contribution in [0.3, 0.4) is 0 Å². The number of hydrogen-bond donors (Lipinski definition) is 2. The van der Waals surface area contributed by atoms with Gasteiger partial charge in [0.2, 0.25) is 0 Å². The Morgan fingerprint density at radius 3 is 2.90 bits per heavy atom. The van der Waals surface area contributed by atoms with Crippen LogP contribution in [0.1, 0.15) is 28.4 Å². The van der Waals surface area contributed by atoms with Crippen LogP contribution in [0.15, 0.2) is 35.0 Å². The summed E-state index contributed by atoms with van der Waals surface area (Å²) in [5.74, 6) is 5.38. The number of rotatable bonds is 3. The highest BCUT2D eigenvalue weighted by molar-refractivity contribution is 7.08. The third kappa shape index (κ3) is 3.47. The van der Waals surface area contributed by atoms with E-state index in [1.807, 2.05) is 35.9 Å². The molecular formula is C16H15NO2S. The molecule has 0 spiro atoms. The van der Waals surface area contributed by atoms with E-state index in [4.69, 9.17) is 5.11 Å². The molecule has 1 aromatic heterocycles. The van der Waals surface area contributed by atoms with Crippen LogP contribution in [0.25, 0.3) is 0 Å². The van der Waals surface area contributed by atoms with E-state index in [0.29, 0.717) is 5.56 Å². The zero-order valence-electron chi connectivity index (χ0n) is 11.1. The van der Waals surface area contributed by atoms with Crippen molar-refractivity contribution in [3.63, 3.8) is 0 Å². The van der Waals surface area contributed by atoms with Crippen LogP contribution in [-0.4, -0.2) is 17.6 Å². The van der Waals surface area contributed by atoms with E-state index in [1.165, 1.54) is 11.3 Å². The van der Waals surface area contributed by atoms with Gasteiger partial charge in [0, 0.05) is 16.6 Å². The molecule has 0 atom stereocenters. The van der Waals surface area contributed by atoms with Crippen molar-refractivity contribution in [3.05, 3.63) is 51.7 Å². The predicted octanol–water partition coefficient (Wildman–Crippen LogP) is 2.91. The smallest absolute Gasteiger partial charge is 0.256 e. The number of aliphatic hydroxyl groups excluding tert-OH is 1. The van der Waals surface area contributed by atoms with Crippen molar-refractivity contribution < 1.29 is 9.90 Å². The fraction of sp³-hybridized carbons (Fsp3) is 0.188. The van der Waals surface area contributed by atoms with Gasteiger partial charge in [-0.2, -0.15) is 11.3 Å². The average Bonchev–Trinajstić information content (AvgIpc) is 3.00. The first-order chi connectivity index (χ1) is 9.74. The molecule has 1 amide bonds. The molecule has 2 N–H and O–H groups in total. The molecular weight excluding hydrogens is 270 g/mol. The normalized spacial score (nSPS) is 9.70. The molecule has 4 heteroatoms. The number of aryl methyl sites for hydroxylation is 1. The number of carbonyl (C=O) groups excluding carboxylic acids is 1. The van der Waals surface area contributed by atoms with Crippen molar-refractivity contribution in [3.8, 4) is 11.8 Å². The van der Waals surface area contributed by atoms with E-state index < -0.39 is 0 Å². The predicted molar refractivity (Wildman–Crippen MR) is 82.1 cm³/mol. The summed E-state index contributed by atoms with van der Waals surface area (Å²) in [4.78, 5) is 12.0. The van der Waals surface area contributed by atoms with Gasteiger partial charge in [-0.05, 0) is 41.6 Å². The van der Waals surface area contributed by atoms with Gasteiger partial charge in [0.1, 0.15) is 6.61 Å². The average molecular weight is 285 g/mol. The van der Waals surface area contributed by atoms with E-state index in [-0.39, 0.29) is 12.5 Å². The second-order valence-corrected chi connectivity index (χ2v) is 4.93. The third-order valence-corrected chi connectivity index (χ3v) is 3.51. The lowest BCUT2D eigenvalue weighted by atomic mass is 10.1. The minimum atomic E-state index is -0.155. The summed E-state index contributed by atoms with van der Waals surface area (Å²) in [5, 5.41) is 15.3. The Morgan fingerprint density at radius 1 is 1.40 bits per heavy atom. The SMILES string of the molecule is CCc1cc(C#CCO)ccc1NC(=O)c1ccsc1. The summed E-state index contributed by atoms with van der Waals surface area (Å²) < 4.78 is 0. The third-order valence-electron chi connectivity index (χ3n) is 2.83. The van der Waals surface area contributed by atoms with Crippen LogP contribution >= 0.6 is 11.3 Å². The molecule has 0 unspecified atom stereocenters. The van der Waals surface area contributed by atoms with Gasteiger partial charge in [0.25, 0.3) is 5.91 Å². The van der Waals surface area contributed by atoms with Crippen molar-refractivity contribution in [1.82, 2.24) is 0 Å². The maximum absolute atomic E-state index is 12.0. The lowest BCUT2D eigenvalue weighted by molar-refractivity contribution is 0.102. The number of carbonyl (C=O) groups is 1. The van der Waals surface area contributed by atoms with E-state index in [1.54, 1.807) is 6.07 Å². The van der Waals surface area contributed by atoms with E-state index in [2.05, 4.69) is 17.2 Å². The van der Waals surface area contributed by atoms with E-state index in [0.717, 1.165) is 23.2 Å². The number of hydrogen-bond acceptors (Lipinski definition) is 3. The number of anilines is 1. The first-order valence-corrected chi connectivity index (χ1v) is 7.25. The van der Waals surface area contributed by atoms with Gasteiger partial charge in [0.05, 0.1) is 5.56 Å². The van der Waals surface area contributed by atoms with Crippen LogP contribution in [0.2, 0.25) is 0 Å². The first kappa shape index (κ1) is 14.3. The highest BCUT2D eigenvalue weighted by atomic mass is 32.1.